The maximum Gasteiger partial charge on any atom is 0.328 e. The SMILES string of the molecule is COC(=O)[C@@H](CCSC)NC(=O)c1ccc2nc(-n3cccc3)sc2c1. The van der Waals surface area contributed by atoms with Gasteiger partial charge in [-0.05, 0) is 48.8 Å². The number of benzene rings is 1. The Bertz CT molecular complexity index is 906. The van der Waals surface area contributed by atoms with Gasteiger partial charge in [0.1, 0.15) is 6.04 Å². The zero-order chi connectivity index (χ0) is 18.5. The second kappa shape index (κ2) is 8.37. The van der Waals surface area contributed by atoms with Gasteiger partial charge in [0.25, 0.3) is 5.91 Å². The van der Waals surface area contributed by atoms with Gasteiger partial charge in [0, 0.05) is 18.0 Å². The number of carbonyl (C=O) groups is 2. The summed E-state index contributed by atoms with van der Waals surface area (Å²) in [6, 6.07) is 8.58. The fourth-order valence-corrected chi connectivity index (χ4v) is 3.94. The summed E-state index contributed by atoms with van der Waals surface area (Å²) in [5, 5.41) is 3.61. The Morgan fingerprint density at radius 2 is 2.12 bits per heavy atom. The predicted molar refractivity (Wildman–Crippen MR) is 105 cm³/mol. The first-order valence-corrected chi connectivity index (χ1v) is 10.2. The smallest absolute Gasteiger partial charge is 0.328 e. The largest absolute Gasteiger partial charge is 0.467 e. The summed E-state index contributed by atoms with van der Waals surface area (Å²) >= 11 is 3.12. The van der Waals surface area contributed by atoms with Crippen LogP contribution in [0, 0.1) is 0 Å². The van der Waals surface area contributed by atoms with Crippen molar-refractivity contribution in [2.24, 2.45) is 0 Å². The van der Waals surface area contributed by atoms with Crippen molar-refractivity contribution in [1.82, 2.24) is 14.9 Å². The molecule has 0 aliphatic rings. The summed E-state index contributed by atoms with van der Waals surface area (Å²) in [5.74, 6) is 0.0363. The summed E-state index contributed by atoms with van der Waals surface area (Å²) in [4.78, 5) is 29.0. The number of thioether (sulfide) groups is 1. The molecule has 2 aromatic heterocycles. The van der Waals surface area contributed by atoms with E-state index < -0.39 is 12.0 Å². The van der Waals surface area contributed by atoms with Gasteiger partial charge in [0.05, 0.1) is 17.3 Å². The number of aromatic nitrogens is 2. The normalized spacial score (nSPS) is 12.1. The third-order valence-electron chi connectivity index (χ3n) is 3.87. The number of nitrogens with one attached hydrogen (secondary N) is 1. The van der Waals surface area contributed by atoms with Crippen molar-refractivity contribution in [1.29, 1.82) is 0 Å². The van der Waals surface area contributed by atoms with E-state index in [0.29, 0.717) is 12.0 Å². The summed E-state index contributed by atoms with van der Waals surface area (Å²) in [6.45, 7) is 0. The first kappa shape index (κ1) is 18.5. The quantitative estimate of drug-likeness (QED) is 0.629. The van der Waals surface area contributed by atoms with Crippen LogP contribution in [0.25, 0.3) is 15.3 Å². The van der Waals surface area contributed by atoms with Crippen molar-refractivity contribution < 1.29 is 14.3 Å². The molecule has 0 spiro atoms. The van der Waals surface area contributed by atoms with Gasteiger partial charge in [0.2, 0.25) is 0 Å². The van der Waals surface area contributed by atoms with Crippen LogP contribution in [0.5, 0.6) is 0 Å². The van der Waals surface area contributed by atoms with Crippen LogP contribution in [-0.2, 0) is 9.53 Å². The molecular weight excluding hydrogens is 370 g/mol. The molecule has 2 heterocycles. The van der Waals surface area contributed by atoms with Gasteiger partial charge in [0.15, 0.2) is 5.13 Å². The summed E-state index contributed by atoms with van der Waals surface area (Å²) < 4.78 is 7.63. The van der Waals surface area contributed by atoms with Crippen LogP contribution in [0.1, 0.15) is 16.8 Å². The average molecular weight is 390 g/mol. The molecule has 1 N–H and O–H groups in total. The van der Waals surface area contributed by atoms with E-state index in [2.05, 4.69) is 10.3 Å². The van der Waals surface area contributed by atoms with Gasteiger partial charge < -0.3 is 14.6 Å². The number of ether oxygens (including phenoxy) is 1. The van der Waals surface area contributed by atoms with Crippen molar-refractivity contribution in [2.75, 3.05) is 19.1 Å². The number of methoxy groups -OCH3 is 1. The number of rotatable bonds is 7. The number of amides is 1. The molecule has 0 saturated carbocycles. The zero-order valence-corrected chi connectivity index (χ0v) is 16.1. The molecule has 3 aromatic rings. The highest BCUT2D eigenvalue weighted by Gasteiger charge is 2.22. The Kier molecular flexibility index (Phi) is 5.95. The Morgan fingerprint density at radius 1 is 1.35 bits per heavy atom. The van der Waals surface area contributed by atoms with E-state index in [0.717, 1.165) is 21.1 Å². The van der Waals surface area contributed by atoms with Crippen LogP contribution in [0.2, 0.25) is 0 Å². The van der Waals surface area contributed by atoms with Gasteiger partial charge in [-0.25, -0.2) is 9.78 Å². The Hall–Kier alpha value is -2.32. The van der Waals surface area contributed by atoms with Crippen LogP contribution < -0.4 is 5.32 Å². The highest BCUT2D eigenvalue weighted by Crippen LogP contribution is 2.26. The molecule has 0 aliphatic carbocycles. The second-order valence-corrected chi connectivity index (χ2v) is 7.59. The van der Waals surface area contributed by atoms with E-state index in [9.17, 15) is 9.59 Å². The lowest BCUT2D eigenvalue weighted by molar-refractivity contribution is -0.142. The van der Waals surface area contributed by atoms with Crippen LogP contribution in [-0.4, -0.2) is 46.6 Å². The molecule has 0 aliphatic heterocycles. The van der Waals surface area contributed by atoms with Gasteiger partial charge in [-0.3, -0.25) is 4.79 Å². The molecule has 3 rings (SSSR count). The number of nitrogens with zero attached hydrogens (tertiary/aromatic N) is 2. The molecule has 1 aromatic carbocycles. The topological polar surface area (TPSA) is 73.2 Å². The Balaban J connectivity index is 1.80. The summed E-state index contributed by atoms with van der Waals surface area (Å²) in [6.07, 6.45) is 6.34. The van der Waals surface area contributed by atoms with Crippen molar-refractivity contribution >= 4 is 45.2 Å². The molecule has 1 atom stereocenters. The second-order valence-electron chi connectivity index (χ2n) is 5.60. The van der Waals surface area contributed by atoms with Crippen molar-refractivity contribution in [3.8, 4) is 5.13 Å². The monoisotopic (exact) mass is 389 g/mol. The maximum atomic E-state index is 12.6. The van der Waals surface area contributed by atoms with Crippen molar-refractivity contribution in [3.63, 3.8) is 0 Å². The first-order valence-electron chi connectivity index (χ1n) is 8.04. The molecule has 26 heavy (non-hydrogen) atoms. The van der Waals surface area contributed by atoms with Gasteiger partial charge in [-0.15, -0.1) is 0 Å². The van der Waals surface area contributed by atoms with Crippen LogP contribution in [0.3, 0.4) is 0 Å². The van der Waals surface area contributed by atoms with Gasteiger partial charge in [-0.1, -0.05) is 11.3 Å². The van der Waals surface area contributed by atoms with Gasteiger partial charge in [-0.2, -0.15) is 11.8 Å². The first-order chi connectivity index (χ1) is 12.6. The van der Waals surface area contributed by atoms with Crippen LogP contribution in [0.4, 0.5) is 0 Å². The number of fused-ring (bicyclic) bond motifs is 1. The van der Waals surface area contributed by atoms with E-state index in [1.54, 1.807) is 23.9 Å². The van der Waals surface area contributed by atoms with E-state index in [1.165, 1.54) is 18.4 Å². The highest BCUT2D eigenvalue weighted by molar-refractivity contribution is 7.98. The molecule has 1 amide bonds. The fraction of sp³-hybridized carbons (Fsp3) is 0.278. The van der Waals surface area contributed by atoms with E-state index in [1.807, 2.05) is 41.4 Å². The molecular formula is C18H19N3O3S2. The number of hydrogen-bond donors (Lipinski definition) is 1. The molecule has 0 saturated heterocycles. The molecule has 6 nitrogen and oxygen atoms in total. The summed E-state index contributed by atoms with van der Waals surface area (Å²) in [7, 11) is 1.33. The van der Waals surface area contributed by atoms with Crippen molar-refractivity contribution in [2.45, 2.75) is 12.5 Å². The lowest BCUT2D eigenvalue weighted by Gasteiger charge is -2.16. The van der Waals surface area contributed by atoms with Gasteiger partial charge >= 0.3 is 5.97 Å². The third-order valence-corrected chi connectivity index (χ3v) is 5.54. The fourth-order valence-electron chi connectivity index (χ4n) is 2.49. The highest BCUT2D eigenvalue weighted by atomic mass is 32.2. The number of carbonyl (C=O) groups excluding carboxylic acids is 2. The molecule has 0 fully saturated rings. The van der Waals surface area contributed by atoms with Crippen LogP contribution in [0.15, 0.2) is 42.7 Å². The predicted octanol–water partition coefficient (Wildman–Crippen LogP) is 3.11. The van der Waals surface area contributed by atoms with E-state index in [4.69, 9.17) is 4.74 Å². The lowest BCUT2D eigenvalue weighted by Crippen LogP contribution is -2.41. The maximum absolute atomic E-state index is 12.6. The Morgan fingerprint density at radius 3 is 2.81 bits per heavy atom. The zero-order valence-electron chi connectivity index (χ0n) is 14.5. The number of hydrogen-bond acceptors (Lipinski definition) is 6. The molecule has 0 unspecified atom stereocenters. The third kappa shape index (κ3) is 4.08. The van der Waals surface area contributed by atoms with E-state index >= 15 is 0 Å². The average Bonchev–Trinajstić information content (AvgIpc) is 3.32. The Labute approximate surface area is 159 Å². The van der Waals surface area contributed by atoms with Crippen molar-refractivity contribution in [3.05, 3.63) is 48.3 Å². The minimum atomic E-state index is -0.646. The number of esters is 1. The molecule has 0 radical (unpaired) electrons. The summed E-state index contributed by atoms with van der Waals surface area (Å²) in [5.41, 5.74) is 1.33. The van der Waals surface area contributed by atoms with Crippen LogP contribution >= 0.6 is 23.1 Å². The molecule has 0 bridgehead atoms. The standard InChI is InChI=1S/C18H19N3O3S2/c1-24-17(23)14(7-10-25-2)19-16(22)12-5-6-13-15(11-12)26-18(20-13)21-8-3-4-9-21/h3-6,8-9,11,14H,7,10H2,1-2H3,(H,19,22)/t14-/m1/s1. The molecule has 8 heteroatoms. The number of thiazole rings is 1. The van der Waals surface area contributed by atoms with E-state index in [-0.39, 0.29) is 5.91 Å². The lowest BCUT2D eigenvalue weighted by atomic mass is 10.1. The minimum absolute atomic E-state index is 0.292. The minimum Gasteiger partial charge on any atom is -0.467 e. The molecule has 136 valence electrons.